The Bertz CT molecular complexity index is 447. The molecular weight excluding hydrogens is 262 g/mol. The molecule has 2 heterocycles. The van der Waals surface area contributed by atoms with E-state index in [0.29, 0.717) is 5.92 Å². The van der Waals surface area contributed by atoms with Crippen molar-refractivity contribution in [3.63, 3.8) is 0 Å². The van der Waals surface area contributed by atoms with Crippen LogP contribution >= 0.6 is 0 Å². The van der Waals surface area contributed by atoms with E-state index in [4.69, 9.17) is 0 Å². The number of hydrogen-bond acceptors (Lipinski definition) is 2. The van der Waals surface area contributed by atoms with Gasteiger partial charge in [-0.3, -0.25) is 4.79 Å². The first kappa shape index (κ1) is 16.1. The zero-order chi connectivity index (χ0) is 15.2. The van der Waals surface area contributed by atoms with Gasteiger partial charge in [0.2, 0.25) is 0 Å². The number of aryl methyl sites for hydroxylation is 1. The van der Waals surface area contributed by atoms with Crippen LogP contribution in [-0.4, -0.2) is 41.1 Å². The third-order valence-corrected chi connectivity index (χ3v) is 4.25. The molecule has 1 fully saturated rings. The van der Waals surface area contributed by atoms with E-state index in [1.807, 2.05) is 23.2 Å². The zero-order valence-corrected chi connectivity index (χ0v) is 13.6. The third kappa shape index (κ3) is 4.10. The van der Waals surface area contributed by atoms with Crippen molar-refractivity contribution in [3.8, 4) is 0 Å². The number of hydrogen-bond donors (Lipinski definition) is 1. The molecule has 1 N–H and O–H groups in total. The van der Waals surface area contributed by atoms with Gasteiger partial charge in [-0.1, -0.05) is 6.92 Å². The highest BCUT2D eigenvalue weighted by Gasteiger charge is 2.25. The van der Waals surface area contributed by atoms with Gasteiger partial charge in [0, 0.05) is 25.3 Å². The molecule has 118 valence electrons. The van der Waals surface area contributed by atoms with Gasteiger partial charge in [-0.05, 0) is 64.3 Å². The second-order valence-electron chi connectivity index (χ2n) is 6.35. The van der Waals surface area contributed by atoms with E-state index in [2.05, 4.69) is 30.7 Å². The largest absolute Gasteiger partial charge is 0.344 e. The fourth-order valence-corrected chi connectivity index (χ4v) is 3.08. The molecule has 0 aromatic carbocycles. The van der Waals surface area contributed by atoms with Gasteiger partial charge in [-0.25, -0.2) is 0 Å². The second kappa shape index (κ2) is 7.64. The van der Waals surface area contributed by atoms with Crippen LogP contribution in [0.3, 0.4) is 0 Å². The van der Waals surface area contributed by atoms with Crippen LogP contribution < -0.4 is 5.32 Å². The first-order valence-corrected chi connectivity index (χ1v) is 8.30. The lowest BCUT2D eigenvalue weighted by molar-refractivity contribution is 0.0649. The fourth-order valence-electron chi connectivity index (χ4n) is 3.08. The molecule has 1 aliphatic heterocycles. The van der Waals surface area contributed by atoms with E-state index in [1.54, 1.807) is 0 Å². The van der Waals surface area contributed by atoms with Gasteiger partial charge in [-0.2, -0.15) is 0 Å². The summed E-state index contributed by atoms with van der Waals surface area (Å²) in [6.07, 6.45) is 5.50. The van der Waals surface area contributed by atoms with Crippen molar-refractivity contribution >= 4 is 5.91 Å². The maximum atomic E-state index is 12.9. The van der Waals surface area contributed by atoms with Crippen LogP contribution in [0.1, 0.15) is 50.5 Å². The molecule has 0 spiro atoms. The standard InChI is InChI=1S/C17H29N3O/c1-4-10-19-11-6-8-16(19)17(21)20(14(2)3)13-15-7-5-9-18-12-15/h6,8,11,14-15,18H,4-5,7,9-10,12-13H2,1-3H3. The molecule has 1 aromatic heterocycles. The summed E-state index contributed by atoms with van der Waals surface area (Å²) >= 11 is 0. The molecular formula is C17H29N3O. The highest BCUT2D eigenvalue weighted by molar-refractivity contribution is 5.93. The number of amides is 1. The minimum atomic E-state index is 0.175. The highest BCUT2D eigenvalue weighted by Crippen LogP contribution is 2.17. The van der Waals surface area contributed by atoms with Crippen molar-refractivity contribution in [2.45, 2.75) is 52.6 Å². The summed E-state index contributed by atoms with van der Waals surface area (Å²) in [6.45, 7) is 10.3. The Balaban J connectivity index is 2.09. The van der Waals surface area contributed by atoms with Crippen LogP contribution in [0.4, 0.5) is 0 Å². The molecule has 1 amide bonds. The SMILES string of the molecule is CCCn1cccc1C(=O)N(CC1CCCNC1)C(C)C. The lowest BCUT2D eigenvalue weighted by Gasteiger charge is -2.33. The van der Waals surface area contributed by atoms with Gasteiger partial charge >= 0.3 is 0 Å². The minimum Gasteiger partial charge on any atom is -0.344 e. The Hall–Kier alpha value is -1.29. The van der Waals surface area contributed by atoms with Crippen molar-refractivity contribution in [1.82, 2.24) is 14.8 Å². The molecule has 1 aliphatic rings. The van der Waals surface area contributed by atoms with Crippen molar-refractivity contribution in [2.75, 3.05) is 19.6 Å². The van der Waals surface area contributed by atoms with Crippen molar-refractivity contribution in [2.24, 2.45) is 5.92 Å². The number of carbonyl (C=O) groups is 1. The topological polar surface area (TPSA) is 37.3 Å². The van der Waals surface area contributed by atoms with Crippen LogP contribution in [0.5, 0.6) is 0 Å². The molecule has 21 heavy (non-hydrogen) atoms. The molecule has 2 rings (SSSR count). The van der Waals surface area contributed by atoms with Gasteiger partial charge in [0.15, 0.2) is 0 Å². The van der Waals surface area contributed by atoms with E-state index >= 15 is 0 Å². The van der Waals surface area contributed by atoms with E-state index in [9.17, 15) is 4.79 Å². The first-order chi connectivity index (χ1) is 10.1. The number of carbonyl (C=O) groups excluding carboxylic acids is 1. The molecule has 4 nitrogen and oxygen atoms in total. The minimum absolute atomic E-state index is 0.175. The average Bonchev–Trinajstić information content (AvgIpc) is 2.93. The summed E-state index contributed by atoms with van der Waals surface area (Å²) in [4.78, 5) is 14.9. The van der Waals surface area contributed by atoms with Crippen molar-refractivity contribution in [3.05, 3.63) is 24.0 Å². The maximum absolute atomic E-state index is 12.9. The van der Waals surface area contributed by atoms with Crippen molar-refractivity contribution < 1.29 is 4.79 Å². The first-order valence-electron chi connectivity index (χ1n) is 8.30. The Labute approximate surface area is 128 Å². The Morgan fingerprint density at radius 3 is 2.95 bits per heavy atom. The number of nitrogens with zero attached hydrogens (tertiary/aromatic N) is 2. The Morgan fingerprint density at radius 1 is 1.52 bits per heavy atom. The lowest BCUT2D eigenvalue weighted by atomic mass is 9.98. The van der Waals surface area contributed by atoms with Crippen molar-refractivity contribution in [1.29, 1.82) is 0 Å². The molecule has 0 radical (unpaired) electrons. The summed E-state index contributed by atoms with van der Waals surface area (Å²) in [7, 11) is 0. The maximum Gasteiger partial charge on any atom is 0.270 e. The molecule has 1 aromatic rings. The number of nitrogens with one attached hydrogen (secondary N) is 1. The summed E-state index contributed by atoms with van der Waals surface area (Å²) in [5.41, 5.74) is 0.828. The van der Waals surface area contributed by atoms with Gasteiger partial charge < -0.3 is 14.8 Å². The molecule has 1 unspecified atom stereocenters. The highest BCUT2D eigenvalue weighted by atomic mass is 16.2. The molecule has 0 saturated carbocycles. The lowest BCUT2D eigenvalue weighted by Crippen LogP contribution is -2.44. The third-order valence-electron chi connectivity index (χ3n) is 4.25. The number of rotatable bonds is 6. The fraction of sp³-hybridized carbons (Fsp3) is 0.706. The van der Waals surface area contributed by atoms with Gasteiger partial charge in [-0.15, -0.1) is 0 Å². The Morgan fingerprint density at radius 2 is 2.33 bits per heavy atom. The van der Waals surface area contributed by atoms with Crippen LogP contribution in [0.25, 0.3) is 0 Å². The predicted octanol–water partition coefficient (Wildman–Crippen LogP) is 2.75. The summed E-state index contributed by atoms with van der Waals surface area (Å²) in [6, 6.07) is 4.17. The molecule has 0 aliphatic carbocycles. The normalized spacial score (nSPS) is 19.0. The van der Waals surface area contributed by atoms with Crippen LogP contribution in [-0.2, 0) is 6.54 Å². The Kier molecular flexibility index (Phi) is 5.85. The zero-order valence-electron chi connectivity index (χ0n) is 13.6. The van der Waals surface area contributed by atoms with Gasteiger partial charge in [0.25, 0.3) is 5.91 Å². The number of piperidine rings is 1. The van der Waals surface area contributed by atoms with Crippen LogP contribution in [0.2, 0.25) is 0 Å². The van der Waals surface area contributed by atoms with Gasteiger partial charge in [0.05, 0.1) is 0 Å². The molecule has 1 atom stereocenters. The molecule has 1 saturated heterocycles. The summed E-state index contributed by atoms with van der Waals surface area (Å²) < 4.78 is 2.08. The van der Waals surface area contributed by atoms with E-state index in [0.717, 1.165) is 38.3 Å². The number of aromatic nitrogens is 1. The monoisotopic (exact) mass is 291 g/mol. The van der Waals surface area contributed by atoms with E-state index in [1.165, 1.54) is 12.8 Å². The quantitative estimate of drug-likeness (QED) is 0.875. The average molecular weight is 291 g/mol. The molecule has 4 heteroatoms. The predicted molar refractivity (Wildman–Crippen MR) is 86.5 cm³/mol. The van der Waals surface area contributed by atoms with Crippen LogP contribution in [0, 0.1) is 5.92 Å². The smallest absolute Gasteiger partial charge is 0.270 e. The summed E-state index contributed by atoms with van der Waals surface area (Å²) in [5.74, 6) is 0.758. The van der Waals surface area contributed by atoms with E-state index in [-0.39, 0.29) is 11.9 Å². The van der Waals surface area contributed by atoms with Crippen LogP contribution in [0.15, 0.2) is 18.3 Å². The van der Waals surface area contributed by atoms with Gasteiger partial charge in [0.1, 0.15) is 5.69 Å². The van der Waals surface area contributed by atoms with E-state index < -0.39 is 0 Å². The second-order valence-corrected chi connectivity index (χ2v) is 6.35. The summed E-state index contributed by atoms with van der Waals surface area (Å²) in [5, 5.41) is 3.44. The molecule has 0 bridgehead atoms.